The molecule has 2 amide bonds. The third-order valence-electron chi connectivity index (χ3n) is 12.6. The topological polar surface area (TPSA) is 76.7 Å². The van der Waals surface area contributed by atoms with Crippen molar-refractivity contribution in [3.8, 4) is 11.5 Å². The highest BCUT2D eigenvalue weighted by Crippen LogP contribution is 2.23. The van der Waals surface area contributed by atoms with Crippen LogP contribution in [-0.4, -0.2) is 25.3 Å². The summed E-state index contributed by atoms with van der Waals surface area (Å²) in [6.45, 7) is 5.72. The van der Waals surface area contributed by atoms with Crippen LogP contribution in [0.1, 0.15) is 256 Å². The molecule has 0 spiro atoms. The van der Waals surface area contributed by atoms with Crippen molar-refractivity contribution < 1.29 is 19.1 Å². The molecule has 0 fully saturated rings. The first-order chi connectivity index (χ1) is 30.6. The fourth-order valence-electron chi connectivity index (χ4n) is 8.60. The van der Waals surface area contributed by atoms with Gasteiger partial charge in [0.1, 0.15) is 11.5 Å². The number of aryl methyl sites for hydroxylation is 2. The van der Waals surface area contributed by atoms with Crippen molar-refractivity contribution in [3.63, 3.8) is 0 Å². The lowest BCUT2D eigenvalue weighted by atomic mass is 10.0. The minimum absolute atomic E-state index is 0.385. The van der Waals surface area contributed by atoms with Crippen molar-refractivity contribution in [3.05, 3.63) is 59.7 Å². The first-order valence-corrected chi connectivity index (χ1v) is 26.7. The predicted molar refractivity (Wildman–Crippen MR) is 266 cm³/mol. The second kappa shape index (κ2) is 42.0. The van der Waals surface area contributed by atoms with Gasteiger partial charge in [0.05, 0.1) is 0 Å². The van der Waals surface area contributed by atoms with Crippen LogP contribution in [0.4, 0.5) is 9.59 Å². The predicted octanol–water partition coefficient (Wildman–Crippen LogP) is 17.7. The minimum atomic E-state index is -0.385. The number of carbonyl (C=O) groups excluding carboxylic acids is 2. The highest BCUT2D eigenvalue weighted by molar-refractivity contribution is 5.71. The van der Waals surface area contributed by atoms with E-state index in [9.17, 15) is 9.59 Å². The lowest BCUT2D eigenvalue weighted by molar-refractivity contribution is 0.198. The van der Waals surface area contributed by atoms with Crippen LogP contribution in [-0.2, 0) is 12.8 Å². The van der Waals surface area contributed by atoms with Crippen molar-refractivity contribution in [2.24, 2.45) is 0 Å². The molecule has 0 bridgehead atoms. The van der Waals surface area contributed by atoms with E-state index in [0.717, 1.165) is 62.5 Å². The maximum absolute atomic E-state index is 12.6. The Morgan fingerprint density at radius 2 is 0.581 bits per heavy atom. The molecule has 0 aliphatic heterocycles. The quantitative estimate of drug-likeness (QED) is 0.0651. The van der Waals surface area contributed by atoms with Gasteiger partial charge in [0.2, 0.25) is 0 Å². The Balaban J connectivity index is 1.42. The standard InChI is InChI=1S/C56H96N2O4/c1-3-5-7-9-11-13-15-17-19-21-23-25-27-29-31-35-43-51-45-37-39-47-53(51)61-55(59)57-49-41-33-34-42-50-58-56(60)62-54-48-40-38-46-52(54)44-36-32-30-28-26-24-22-20-18-16-14-12-10-8-6-4-2/h37-40,45-48H,3-36,41-44,49-50H2,1-2H3,(H,57,59)(H,58,60). The molecular weight excluding hydrogens is 765 g/mol. The average molecular weight is 861 g/mol. The molecule has 2 aromatic carbocycles. The number of rotatable bonds is 43. The van der Waals surface area contributed by atoms with Crippen molar-refractivity contribution in [2.45, 2.75) is 258 Å². The first kappa shape index (κ1) is 55.1. The van der Waals surface area contributed by atoms with E-state index in [1.807, 2.05) is 36.4 Å². The van der Waals surface area contributed by atoms with Crippen LogP contribution in [0, 0.1) is 0 Å². The number of carbonyl (C=O) groups is 2. The van der Waals surface area contributed by atoms with Gasteiger partial charge < -0.3 is 20.1 Å². The van der Waals surface area contributed by atoms with Crippen molar-refractivity contribution in [1.82, 2.24) is 10.6 Å². The molecule has 0 radical (unpaired) electrons. The summed E-state index contributed by atoms with van der Waals surface area (Å²) in [6.07, 6.45) is 48.4. The van der Waals surface area contributed by atoms with Crippen LogP contribution < -0.4 is 20.1 Å². The monoisotopic (exact) mass is 861 g/mol. The van der Waals surface area contributed by atoms with Gasteiger partial charge in [-0.05, 0) is 61.8 Å². The van der Waals surface area contributed by atoms with E-state index in [0.29, 0.717) is 24.6 Å². The van der Waals surface area contributed by atoms with Gasteiger partial charge in [0.15, 0.2) is 0 Å². The summed E-state index contributed by atoms with van der Waals surface area (Å²) < 4.78 is 11.4. The molecule has 0 aromatic heterocycles. The van der Waals surface area contributed by atoms with Gasteiger partial charge in [-0.15, -0.1) is 0 Å². The molecule has 2 N–H and O–H groups in total. The Morgan fingerprint density at radius 1 is 0.339 bits per heavy atom. The number of benzene rings is 2. The number of hydrogen-bond acceptors (Lipinski definition) is 4. The number of para-hydroxylation sites is 2. The highest BCUT2D eigenvalue weighted by atomic mass is 16.6. The maximum atomic E-state index is 12.6. The average Bonchev–Trinajstić information content (AvgIpc) is 3.28. The summed E-state index contributed by atoms with van der Waals surface area (Å²) in [5.41, 5.74) is 2.22. The Hall–Kier alpha value is -3.02. The van der Waals surface area contributed by atoms with Crippen LogP contribution in [0.5, 0.6) is 11.5 Å². The Morgan fingerprint density at radius 3 is 0.871 bits per heavy atom. The molecule has 354 valence electrons. The third-order valence-corrected chi connectivity index (χ3v) is 12.6. The molecular formula is C56H96N2O4. The SMILES string of the molecule is CCCCCCCCCCCCCCCCCCc1ccccc1OC(=O)NCCCCCCNC(=O)Oc1ccccc1CCCCCCCCCCCCCCCCCC. The molecule has 0 atom stereocenters. The molecule has 2 rings (SSSR count). The second-order valence-electron chi connectivity index (χ2n) is 18.4. The molecule has 62 heavy (non-hydrogen) atoms. The molecule has 2 aromatic rings. The summed E-state index contributed by atoms with van der Waals surface area (Å²) in [7, 11) is 0. The zero-order chi connectivity index (χ0) is 44.2. The summed E-state index contributed by atoms with van der Waals surface area (Å²) in [4.78, 5) is 25.1. The molecule has 0 saturated carbocycles. The Kier molecular flexibility index (Phi) is 37.3. The van der Waals surface area contributed by atoms with E-state index in [-0.39, 0.29) is 12.2 Å². The normalized spacial score (nSPS) is 11.2. The van der Waals surface area contributed by atoms with Crippen LogP contribution in [0.15, 0.2) is 48.5 Å². The van der Waals surface area contributed by atoms with Crippen LogP contribution in [0.25, 0.3) is 0 Å². The Bertz CT molecular complexity index is 1210. The van der Waals surface area contributed by atoms with E-state index < -0.39 is 0 Å². The molecule has 6 nitrogen and oxygen atoms in total. The zero-order valence-corrected chi connectivity index (χ0v) is 40.5. The lowest BCUT2D eigenvalue weighted by Gasteiger charge is -2.11. The lowest BCUT2D eigenvalue weighted by Crippen LogP contribution is -2.28. The van der Waals surface area contributed by atoms with Gasteiger partial charge >= 0.3 is 12.2 Å². The van der Waals surface area contributed by atoms with Crippen molar-refractivity contribution in [1.29, 1.82) is 0 Å². The maximum Gasteiger partial charge on any atom is 0.412 e. The number of hydrogen-bond donors (Lipinski definition) is 2. The van der Waals surface area contributed by atoms with E-state index in [1.165, 1.54) is 193 Å². The van der Waals surface area contributed by atoms with Gasteiger partial charge in [0.25, 0.3) is 0 Å². The number of amides is 2. The number of unbranched alkanes of at least 4 members (excludes halogenated alkanes) is 33. The molecule has 0 aliphatic carbocycles. The number of ether oxygens (including phenoxy) is 2. The molecule has 6 heteroatoms. The largest absolute Gasteiger partial charge is 0.412 e. The van der Waals surface area contributed by atoms with E-state index >= 15 is 0 Å². The zero-order valence-electron chi connectivity index (χ0n) is 40.5. The van der Waals surface area contributed by atoms with Gasteiger partial charge in [-0.1, -0.05) is 256 Å². The first-order valence-electron chi connectivity index (χ1n) is 26.7. The fraction of sp³-hybridized carbons (Fsp3) is 0.750. The molecule has 0 saturated heterocycles. The van der Waals surface area contributed by atoms with Gasteiger partial charge in [0, 0.05) is 13.1 Å². The van der Waals surface area contributed by atoms with Crippen LogP contribution >= 0.6 is 0 Å². The summed E-state index contributed by atoms with van der Waals surface area (Å²) in [5, 5.41) is 5.83. The van der Waals surface area contributed by atoms with Crippen LogP contribution in [0.2, 0.25) is 0 Å². The highest BCUT2D eigenvalue weighted by Gasteiger charge is 2.10. The summed E-state index contributed by atoms with van der Waals surface area (Å²) in [5.74, 6) is 1.35. The molecule has 0 heterocycles. The molecule has 0 aliphatic rings. The number of nitrogens with one attached hydrogen (secondary N) is 2. The smallest absolute Gasteiger partial charge is 0.410 e. The van der Waals surface area contributed by atoms with E-state index in [4.69, 9.17) is 9.47 Å². The molecule has 0 unspecified atom stereocenters. The summed E-state index contributed by atoms with van der Waals surface area (Å²) >= 11 is 0. The third kappa shape index (κ3) is 32.6. The van der Waals surface area contributed by atoms with Gasteiger partial charge in [-0.25, -0.2) is 9.59 Å². The minimum Gasteiger partial charge on any atom is -0.410 e. The van der Waals surface area contributed by atoms with Gasteiger partial charge in [-0.3, -0.25) is 0 Å². The van der Waals surface area contributed by atoms with E-state index in [1.54, 1.807) is 0 Å². The van der Waals surface area contributed by atoms with E-state index in [2.05, 4.69) is 36.6 Å². The fourth-order valence-corrected chi connectivity index (χ4v) is 8.60. The van der Waals surface area contributed by atoms with Crippen molar-refractivity contribution in [2.75, 3.05) is 13.1 Å². The second-order valence-corrected chi connectivity index (χ2v) is 18.4. The van der Waals surface area contributed by atoms with Gasteiger partial charge in [-0.2, -0.15) is 0 Å². The van der Waals surface area contributed by atoms with Crippen LogP contribution in [0.3, 0.4) is 0 Å². The van der Waals surface area contributed by atoms with Crippen molar-refractivity contribution >= 4 is 12.2 Å². The Labute approximate surface area is 382 Å². The summed E-state index contributed by atoms with van der Waals surface area (Å²) in [6, 6.07) is 15.9.